The third-order valence-corrected chi connectivity index (χ3v) is 5.59. The van der Waals surface area contributed by atoms with Crippen molar-refractivity contribution < 1.29 is 41.2 Å². The fourth-order valence-corrected chi connectivity index (χ4v) is 3.87. The first-order valence-corrected chi connectivity index (χ1v) is 11.2. The second-order valence-corrected chi connectivity index (χ2v) is 8.22. The Balaban J connectivity index is 1.39. The maximum atomic E-state index is 15.1. The number of cyclic esters (lactones) is 1. The second-order valence-electron chi connectivity index (χ2n) is 8.22. The molecule has 3 N–H and O–H groups in total. The third-order valence-electron chi connectivity index (χ3n) is 5.59. The number of hydrogen-bond donors (Lipinski definition) is 3. The molecule has 2 aliphatic rings. The zero-order valence-corrected chi connectivity index (χ0v) is 19.5. The first-order valence-electron chi connectivity index (χ1n) is 11.2. The van der Waals surface area contributed by atoms with Gasteiger partial charge in [0.05, 0.1) is 25.3 Å². The molecular formula is C21H23F4N7O5. The normalized spacial score (nSPS) is 18.2. The number of alkyl halides is 2. The molecule has 1 aromatic carbocycles. The van der Waals surface area contributed by atoms with Gasteiger partial charge in [0.25, 0.3) is 5.91 Å². The van der Waals surface area contributed by atoms with Crippen LogP contribution in [0.4, 0.5) is 44.3 Å². The Kier molecular flexibility index (Phi) is 7.66. The van der Waals surface area contributed by atoms with Gasteiger partial charge in [0.15, 0.2) is 17.5 Å². The van der Waals surface area contributed by atoms with Gasteiger partial charge in [-0.15, -0.1) is 0 Å². The molecule has 2 aromatic rings. The van der Waals surface area contributed by atoms with E-state index in [0.29, 0.717) is 5.76 Å². The quantitative estimate of drug-likeness (QED) is 0.483. The van der Waals surface area contributed by atoms with Crippen molar-refractivity contribution in [2.45, 2.75) is 19.5 Å². The number of amides is 4. The smallest absolute Gasteiger partial charge is 0.414 e. The molecule has 1 aromatic heterocycles. The maximum Gasteiger partial charge on any atom is 0.414 e. The number of benzene rings is 1. The van der Waals surface area contributed by atoms with Gasteiger partial charge in [-0.05, 0) is 6.92 Å². The Bertz CT molecular complexity index is 1160. The molecule has 0 saturated carbocycles. The van der Waals surface area contributed by atoms with Crippen LogP contribution in [-0.4, -0.2) is 80.0 Å². The van der Waals surface area contributed by atoms with Crippen molar-refractivity contribution in [3.05, 3.63) is 35.6 Å². The molecule has 1 atom stereocenters. The number of aromatic nitrogens is 1. The number of carbonyl (C=O) groups excluding carboxylic acids is 3. The molecule has 4 rings (SSSR count). The number of hydrogen-bond acceptors (Lipinski definition) is 8. The number of ether oxygens (including phenoxy) is 1. The molecule has 2 aliphatic heterocycles. The molecule has 12 nitrogen and oxygen atoms in total. The lowest BCUT2D eigenvalue weighted by atomic mass is 10.2. The van der Waals surface area contributed by atoms with Crippen LogP contribution in [0.1, 0.15) is 5.76 Å². The van der Waals surface area contributed by atoms with Crippen LogP contribution in [0.3, 0.4) is 0 Å². The Morgan fingerprint density at radius 3 is 2.57 bits per heavy atom. The third kappa shape index (κ3) is 6.02. The first-order chi connectivity index (χ1) is 17.6. The van der Waals surface area contributed by atoms with Crippen molar-refractivity contribution in [1.82, 2.24) is 20.9 Å². The Morgan fingerprint density at radius 2 is 1.92 bits per heavy atom. The van der Waals surface area contributed by atoms with Gasteiger partial charge in [-0.3, -0.25) is 20.0 Å². The summed E-state index contributed by atoms with van der Waals surface area (Å²) < 4.78 is 64.7. The Hall–Kier alpha value is -4.08. The molecule has 2 fully saturated rings. The Morgan fingerprint density at radius 1 is 1.19 bits per heavy atom. The van der Waals surface area contributed by atoms with E-state index >= 15 is 8.78 Å². The highest BCUT2D eigenvalue weighted by Gasteiger charge is 2.34. The lowest BCUT2D eigenvalue weighted by Crippen LogP contribution is -2.46. The van der Waals surface area contributed by atoms with E-state index in [1.54, 1.807) is 6.92 Å². The number of nitrogens with one attached hydrogen (secondary N) is 3. The van der Waals surface area contributed by atoms with E-state index in [1.807, 2.05) is 5.32 Å². The lowest BCUT2D eigenvalue weighted by Gasteiger charge is -2.25. The predicted octanol–water partition coefficient (Wildman–Crippen LogP) is 1.83. The van der Waals surface area contributed by atoms with E-state index in [1.165, 1.54) is 16.0 Å². The van der Waals surface area contributed by atoms with Crippen molar-refractivity contribution in [3.8, 4) is 0 Å². The highest BCUT2D eigenvalue weighted by molar-refractivity contribution is 5.90. The molecule has 3 heterocycles. The summed E-state index contributed by atoms with van der Waals surface area (Å²) in [5.41, 5.74) is 2.40. The van der Waals surface area contributed by atoms with E-state index in [0.717, 1.165) is 17.0 Å². The van der Waals surface area contributed by atoms with E-state index in [-0.39, 0.29) is 56.5 Å². The van der Waals surface area contributed by atoms with Crippen molar-refractivity contribution >= 4 is 35.2 Å². The summed E-state index contributed by atoms with van der Waals surface area (Å²) in [5, 5.41) is 9.41. The molecule has 16 heteroatoms. The summed E-state index contributed by atoms with van der Waals surface area (Å²) >= 11 is 0. The summed E-state index contributed by atoms with van der Waals surface area (Å²) in [5.74, 6) is -2.69. The highest BCUT2D eigenvalue weighted by Crippen LogP contribution is 2.31. The summed E-state index contributed by atoms with van der Waals surface area (Å²) in [6.07, 6.45) is -5.14. The average molecular weight is 529 g/mol. The minimum Gasteiger partial charge on any atom is -0.442 e. The van der Waals surface area contributed by atoms with Crippen molar-refractivity contribution in [1.29, 1.82) is 0 Å². The average Bonchev–Trinajstić information content (AvgIpc) is 3.32. The largest absolute Gasteiger partial charge is 0.442 e. The van der Waals surface area contributed by atoms with Gasteiger partial charge in [-0.1, -0.05) is 5.16 Å². The topological polar surface area (TPSA) is 132 Å². The molecular weight excluding hydrogens is 506 g/mol. The van der Waals surface area contributed by atoms with Crippen molar-refractivity contribution in [2.75, 3.05) is 54.4 Å². The number of rotatable bonds is 6. The van der Waals surface area contributed by atoms with Crippen molar-refractivity contribution in [3.63, 3.8) is 0 Å². The van der Waals surface area contributed by atoms with E-state index in [2.05, 4.69) is 15.9 Å². The van der Waals surface area contributed by atoms with E-state index < -0.39 is 42.2 Å². The maximum absolute atomic E-state index is 15.1. The van der Waals surface area contributed by atoms with Gasteiger partial charge < -0.3 is 19.5 Å². The molecule has 0 aliphatic carbocycles. The van der Waals surface area contributed by atoms with Crippen LogP contribution in [0, 0.1) is 18.6 Å². The van der Waals surface area contributed by atoms with Crippen LogP contribution in [0.5, 0.6) is 0 Å². The standard InChI is InChI=1S/C21H23F4N7O5/c1-11-6-16(29-37-11)28-20(34)32-5-4-30(3-2-27-32)17-14(22)7-12(8-15(17)23)31-10-13(36-21(31)35)9-26-19(33)18(24)25/h6-8,13,18,27H,2-5,9-10H2,1H3,(H,26,33)(H,28,29,34). The zero-order chi connectivity index (χ0) is 26.7. The van der Waals surface area contributed by atoms with Crippen LogP contribution in [-0.2, 0) is 9.53 Å². The molecule has 0 spiro atoms. The number of hydrazine groups is 1. The van der Waals surface area contributed by atoms with Gasteiger partial charge in [0.1, 0.15) is 17.6 Å². The highest BCUT2D eigenvalue weighted by atomic mass is 19.3. The minimum atomic E-state index is -3.22. The number of urea groups is 1. The van der Waals surface area contributed by atoms with Crippen LogP contribution in [0.2, 0.25) is 0 Å². The van der Waals surface area contributed by atoms with Crippen molar-refractivity contribution in [2.24, 2.45) is 0 Å². The summed E-state index contributed by atoms with van der Waals surface area (Å²) in [7, 11) is 0. The van der Waals surface area contributed by atoms with E-state index in [9.17, 15) is 23.2 Å². The SMILES string of the molecule is Cc1cc(NC(=O)N2CCN(c3c(F)cc(N4CC(CNC(=O)C(F)F)OC4=O)cc3F)CCN2)no1. The molecule has 0 radical (unpaired) electrons. The summed E-state index contributed by atoms with van der Waals surface area (Å²) in [4.78, 5) is 38.0. The van der Waals surface area contributed by atoms with Gasteiger partial charge in [-0.25, -0.2) is 23.8 Å². The van der Waals surface area contributed by atoms with Gasteiger partial charge >= 0.3 is 18.5 Å². The van der Waals surface area contributed by atoms with Crippen LogP contribution >= 0.6 is 0 Å². The zero-order valence-electron chi connectivity index (χ0n) is 19.5. The molecule has 1 unspecified atom stereocenters. The van der Waals surface area contributed by atoms with E-state index in [4.69, 9.17) is 9.26 Å². The predicted molar refractivity (Wildman–Crippen MR) is 120 cm³/mol. The molecule has 200 valence electrons. The summed E-state index contributed by atoms with van der Waals surface area (Å²) in [6, 6.07) is 2.91. The van der Waals surface area contributed by atoms with Crippen LogP contribution in [0.15, 0.2) is 22.7 Å². The van der Waals surface area contributed by atoms with Crippen LogP contribution in [0.25, 0.3) is 0 Å². The number of carbonyl (C=O) groups is 3. The second kappa shape index (κ2) is 10.9. The molecule has 2 saturated heterocycles. The fraction of sp³-hybridized carbons (Fsp3) is 0.429. The Labute approximate surface area is 207 Å². The molecule has 0 bridgehead atoms. The number of halogens is 4. The minimum absolute atomic E-state index is 0.0771. The van der Waals surface area contributed by atoms with Gasteiger partial charge in [-0.2, -0.15) is 8.78 Å². The fourth-order valence-electron chi connectivity index (χ4n) is 3.87. The molecule has 4 amide bonds. The summed E-state index contributed by atoms with van der Waals surface area (Å²) in [6.45, 7) is 1.60. The molecule has 37 heavy (non-hydrogen) atoms. The lowest BCUT2D eigenvalue weighted by molar-refractivity contribution is -0.132. The number of anilines is 3. The number of aryl methyl sites for hydroxylation is 1. The monoisotopic (exact) mass is 529 g/mol. The van der Waals surface area contributed by atoms with Gasteiger partial charge in [0, 0.05) is 37.8 Å². The van der Waals surface area contributed by atoms with Crippen LogP contribution < -0.4 is 25.9 Å². The number of nitrogens with zero attached hydrogens (tertiary/aromatic N) is 4. The first kappa shape index (κ1) is 26.0. The van der Waals surface area contributed by atoms with Gasteiger partial charge in [0.2, 0.25) is 0 Å².